The van der Waals surface area contributed by atoms with Crippen molar-refractivity contribution >= 4 is 16.9 Å². The maximum absolute atomic E-state index is 9.61. The molecule has 128 valence electrons. The lowest BCUT2D eigenvalue weighted by Gasteiger charge is -2.26. The largest absolute Gasteiger partial charge is 0.393 e. The Kier molecular flexibility index (Phi) is 4.32. The molecule has 1 fully saturated rings. The minimum Gasteiger partial charge on any atom is -0.393 e. The van der Waals surface area contributed by atoms with Gasteiger partial charge in [-0.1, -0.05) is 6.07 Å². The standard InChI is InChI=1S/C20H22N4O/c1-13-8-9-21-12-18(13)14-2-7-19-15(10-14)11-22-20(24-19)23-16-3-5-17(25)6-4-16/h2,7-12,16-17,25H,3-6H2,1H3,(H,22,23,24)/t16-,17-. The van der Waals surface area contributed by atoms with E-state index in [0.717, 1.165) is 47.7 Å². The number of hydrogen-bond donors (Lipinski definition) is 2. The summed E-state index contributed by atoms with van der Waals surface area (Å²) >= 11 is 0. The second kappa shape index (κ2) is 6.76. The number of benzene rings is 1. The van der Waals surface area contributed by atoms with Crippen LogP contribution >= 0.6 is 0 Å². The minimum absolute atomic E-state index is 0.148. The third kappa shape index (κ3) is 3.46. The first kappa shape index (κ1) is 16.0. The highest BCUT2D eigenvalue weighted by Gasteiger charge is 2.19. The van der Waals surface area contributed by atoms with Crippen LogP contribution in [0.3, 0.4) is 0 Å². The van der Waals surface area contributed by atoms with Crippen molar-refractivity contribution < 1.29 is 5.11 Å². The Morgan fingerprint density at radius 1 is 1.08 bits per heavy atom. The zero-order valence-electron chi connectivity index (χ0n) is 14.3. The lowest BCUT2D eigenvalue weighted by molar-refractivity contribution is 0.126. The average Bonchev–Trinajstić information content (AvgIpc) is 2.64. The van der Waals surface area contributed by atoms with Gasteiger partial charge in [-0.25, -0.2) is 9.97 Å². The molecule has 25 heavy (non-hydrogen) atoms. The van der Waals surface area contributed by atoms with E-state index in [9.17, 15) is 5.11 Å². The van der Waals surface area contributed by atoms with Gasteiger partial charge in [-0.05, 0) is 61.9 Å². The fourth-order valence-corrected chi connectivity index (χ4v) is 3.44. The monoisotopic (exact) mass is 334 g/mol. The van der Waals surface area contributed by atoms with Gasteiger partial charge in [-0.2, -0.15) is 0 Å². The first-order valence-electron chi connectivity index (χ1n) is 8.81. The molecule has 0 radical (unpaired) electrons. The number of rotatable bonds is 3. The van der Waals surface area contributed by atoms with Crippen molar-refractivity contribution in [3.8, 4) is 11.1 Å². The van der Waals surface area contributed by atoms with E-state index >= 15 is 0 Å². The molecule has 1 aliphatic rings. The van der Waals surface area contributed by atoms with Gasteiger partial charge in [0.2, 0.25) is 5.95 Å². The van der Waals surface area contributed by atoms with E-state index in [2.05, 4.69) is 39.3 Å². The molecule has 2 aromatic heterocycles. The van der Waals surface area contributed by atoms with Gasteiger partial charge in [0.05, 0.1) is 11.6 Å². The summed E-state index contributed by atoms with van der Waals surface area (Å²) in [5, 5.41) is 14.0. The van der Waals surface area contributed by atoms with Crippen LogP contribution in [0.15, 0.2) is 42.9 Å². The van der Waals surface area contributed by atoms with Crippen LogP contribution in [0.4, 0.5) is 5.95 Å². The SMILES string of the molecule is Cc1ccncc1-c1ccc2nc(N[C@H]3CC[C@H](O)CC3)ncc2c1. The number of anilines is 1. The van der Waals surface area contributed by atoms with Gasteiger partial charge in [0.1, 0.15) is 0 Å². The fraction of sp³-hybridized carbons (Fsp3) is 0.350. The number of aryl methyl sites for hydroxylation is 1. The molecule has 0 spiro atoms. The molecule has 0 amide bonds. The van der Waals surface area contributed by atoms with Crippen LogP contribution < -0.4 is 5.32 Å². The van der Waals surface area contributed by atoms with Gasteiger partial charge in [0.25, 0.3) is 0 Å². The molecule has 5 nitrogen and oxygen atoms in total. The average molecular weight is 334 g/mol. The molecule has 1 aromatic carbocycles. The van der Waals surface area contributed by atoms with E-state index in [-0.39, 0.29) is 6.10 Å². The summed E-state index contributed by atoms with van der Waals surface area (Å²) in [5.41, 5.74) is 4.39. The number of aliphatic hydroxyl groups is 1. The Bertz CT molecular complexity index is 888. The Hall–Kier alpha value is -2.53. The van der Waals surface area contributed by atoms with Crippen LogP contribution in [-0.2, 0) is 0 Å². The first-order chi connectivity index (χ1) is 12.2. The van der Waals surface area contributed by atoms with Crippen LogP contribution in [0.2, 0.25) is 0 Å². The van der Waals surface area contributed by atoms with Crippen molar-refractivity contribution in [2.24, 2.45) is 0 Å². The smallest absolute Gasteiger partial charge is 0.223 e. The van der Waals surface area contributed by atoms with Crippen molar-refractivity contribution in [2.45, 2.75) is 44.8 Å². The molecular formula is C20H22N4O. The van der Waals surface area contributed by atoms with E-state index in [4.69, 9.17) is 0 Å². The van der Waals surface area contributed by atoms with Crippen LogP contribution in [0, 0.1) is 6.92 Å². The van der Waals surface area contributed by atoms with Gasteiger partial charge in [0.15, 0.2) is 0 Å². The van der Waals surface area contributed by atoms with E-state index < -0.39 is 0 Å². The number of aliphatic hydroxyl groups excluding tert-OH is 1. The molecule has 0 atom stereocenters. The van der Waals surface area contributed by atoms with Crippen LogP contribution in [-0.4, -0.2) is 32.2 Å². The van der Waals surface area contributed by atoms with Gasteiger partial charge in [-0.15, -0.1) is 0 Å². The van der Waals surface area contributed by atoms with Crippen LogP contribution in [0.25, 0.3) is 22.0 Å². The Morgan fingerprint density at radius 2 is 1.92 bits per heavy atom. The normalized spacial score (nSPS) is 20.6. The van der Waals surface area contributed by atoms with Crippen LogP contribution in [0.5, 0.6) is 0 Å². The van der Waals surface area contributed by atoms with Gasteiger partial charge in [0, 0.05) is 35.6 Å². The van der Waals surface area contributed by atoms with Gasteiger partial charge in [-0.3, -0.25) is 4.98 Å². The summed E-state index contributed by atoms with van der Waals surface area (Å²) in [4.78, 5) is 13.3. The summed E-state index contributed by atoms with van der Waals surface area (Å²) in [6.45, 7) is 2.09. The topological polar surface area (TPSA) is 70.9 Å². The van der Waals surface area contributed by atoms with Crippen molar-refractivity contribution in [1.29, 1.82) is 0 Å². The summed E-state index contributed by atoms with van der Waals surface area (Å²) in [6, 6.07) is 8.59. The summed E-state index contributed by atoms with van der Waals surface area (Å²) in [7, 11) is 0. The Morgan fingerprint density at radius 3 is 2.72 bits per heavy atom. The second-order valence-corrected chi connectivity index (χ2v) is 6.81. The molecule has 2 N–H and O–H groups in total. The molecule has 0 unspecified atom stereocenters. The van der Waals surface area contributed by atoms with E-state index in [1.54, 1.807) is 0 Å². The molecule has 0 saturated heterocycles. The quantitative estimate of drug-likeness (QED) is 0.764. The number of aromatic nitrogens is 3. The van der Waals surface area contributed by atoms with E-state index in [1.807, 2.05) is 30.7 Å². The van der Waals surface area contributed by atoms with E-state index in [1.165, 1.54) is 5.56 Å². The highest BCUT2D eigenvalue weighted by atomic mass is 16.3. The molecule has 5 heteroatoms. The lowest BCUT2D eigenvalue weighted by atomic mass is 9.93. The Labute approximate surface area is 147 Å². The summed E-state index contributed by atoms with van der Waals surface area (Å²) < 4.78 is 0. The number of pyridine rings is 1. The molecule has 1 saturated carbocycles. The number of hydrogen-bond acceptors (Lipinski definition) is 5. The number of nitrogens with zero attached hydrogens (tertiary/aromatic N) is 3. The summed E-state index contributed by atoms with van der Waals surface area (Å²) in [5.74, 6) is 0.666. The molecule has 0 bridgehead atoms. The molecule has 0 aliphatic heterocycles. The van der Waals surface area contributed by atoms with Crippen molar-refractivity contribution in [1.82, 2.24) is 15.0 Å². The third-order valence-electron chi connectivity index (χ3n) is 4.96. The zero-order chi connectivity index (χ0) is 17.2. The maximum atomic E-state index is 9.61. The fourth-order valence-electron chi connectivity index (χ4n) is 3.44. The molecule has 4 rings (SSSR count). The molecule has 3 aromatic rings. The van der Waals surface area contributed by atoms with Gasteiger partial charge < -0.3 is 10.4 Å². The molecule has 2 heterocycles. The molecule has 1 aliphatic carbocycles. The predicted octanol–water partition coefficient (Wildman–Crippen LogP) is 3.72. The molecular weight excluding hydrogens is 312 g/mol. The highest BCUT2D eigenvalue weighted by Crippen LogP contribution is 2.26. The van der Waals surface area contributed by atoms with E-state index in [0.29, 0.717) is 12.0 Å². The van der Waals surface area contributed by atoms with Crippen molar-refractivity contribution in [3.63, 3.8) is 0 Å². The van der Waals surface area contributed by atoms with Crippen molar-refractivity contribution in [2.75, 3.05) is 5.32 Å². The van der Waals surface area contributed by atoms with Crippen molar-refractivity contribution in [3.05, 3.63) is 48.4 Å². The highest BCUT2D eigenvalue weighted by molar-refractivity contribution is 5.85. The predicted molar refractivity (Wildman–Crippen MR) is 99.4 cm³/mol. The van der Waals surface area contributed by atoms with Gasteiger partial charge >= 0.3 is 0 Å². The van der Waals surface area contributed by atoms with Crippen LogP contribution in [0.1, 0.15) is 31.2 Å². The lowest BCUT2D eigenvalue weighted by Crippen LogP contribution is -2.28. The minimum atomic E-state index is -0.148. The number of fused-ring (bicyclic) bond motifs is 1. The zero-order valence-corrected chi connectivity index (χ0v) is 14.3. The third-order valence-corrected chi connectivity index (χ3v) is 4.96. The second-order valence-electron chi connectivity index (χ2n) is 6.81. The number of nitrogens with one attached hydrogen (secondary N) is 1. The maximum Gasteiger partial charge on any atom is 0.223 e. The first-order valence-corrected chi connectivity index (χ1v) is 8.81. The Balaban J connectivity index is 1.58. The summed E-state index contributed by atoms with van der Waals surface area (Å²) in [6.07, 6.45) is 9.04.